The molecule has 1 N–H and O–H groups in total. The molecule has 1 amide bonds. The first kappa shape index (κ1) is 16.0. The van der Waals surface area contributed by atoms with Gasteiger partial charge in [-0.1, -0.05) is 41.4 Å². The molecular formula is C18H25BrN2O. The number of fused-ring (bicyclic) bond motifs is 2. The second-order valence-electron chi connectivity index (χ2n) is 6.67. The lowest BCUT2D eigenvalue weighted by molar-refractivity contribution is -0.138. The molecule has 1 aromatic carbocycles. The Hall–Kier alpha value is -0.870. The fourth-order valence-electron chi connectivity index (χ4n) is 3.80. The minimum atomic E-state index is 0.105. The van der Waals surface area contributed by atoms with Gasteiger partial charge in [0.2, 0.25) is 5.91 Å². The summed E-state index contributed by atoms with van der Waals surface area (Å²) in [6.45, 7) is 3.91. The zero-order valence-corrected chi connectivity index (χ0v) is 14.8. The van der Waals surface area contributed by atoms with E-state index >= 15 is 0 Å². The maximum Gasteiger partial charge on any atom is 0.226 e. The molecule has 2 bridgehead atoms. The molecule has 3 rings (SSSR count). The molecule has 120 valence electrons. The number of nitrogens with one attached hydrogen (secondary N) is 1. The quantitative estimate of drug-likeness (QED) is 0.887. The highest BCUT2D eigenvalue weighted by atomic mass is 79.9. The van der Waals surface area contributed by atoms with Gasteiger partial charge in [0, 0.05) is 35.6 Å². The summed E-state index contributed by atoms with van der Waals surface area (Å²) in [7, 11) is 0. The number of hydrogen-bond donors (Lipinski definition) is 1. The topological polar surface area (TPSA) is 32.3 Å². The summed E-state index contributed by atoms with van der Waals surface area (Å²) in [4.78, 5) is 15.1. The van der Waals surface area contributed by atoms with Crippen LogP contribution < -0.4 is 5.32 Å². The van der Waals surface area contributed by atoms with Crippen molar-refractivity contribution in [2.75, 3.05) is 13.1 Å². The predicted octanol–water partition coefficient (Wildman–Crippen LogP) is 3.37. The molecule has 3 atom stereocenters. The summed E-state index contributed by atoms with van der Waals surface area (Å²) in [5.41, 5.74) is 1.24. The number of amides is 1. The number of carbonyl (C=O) groups excluding carboxylic acids is 1. The Morgan fingerprint density at radius 3 is 2.73 bits per heavy atom. The lowest BCUT2D eigenvalue weighted by Crippen LogP contribution is -2.60. The highest BCUT2D eigenvalue weighted by molar-refractivity contribution is 9.10. The monoisotopic (exact) mass is 364 g/mol. The summed E-state index contributed by atoms with van der Waals surface area (Å²) in [6, 6.07) is 9.35. The van der Waals surface area contributed by atoms with Crippen LogP contribution in [-0.4, -0.2) is 36.0 Å². The van der Waals surface area contributed by atoms with Gasteiger partial charge >= 0.3 is 0 Å². The van der Waals surface area contributed by atoms with Gasteiger partial charge in [0.05, 0.1) is 0 Å². The number of halogens is 1. The molecule has 0 aromatic heterocycles. The van der Waals surface area contributed by atoms with E-state index in [4.69, 9.17) is 0 Å². The summed E-state index contributed by atoms with van der Waals surface area (Å²) >= 11 is 3.52. The third kappa shape index (κ3) is 3.72. The average molecular weight is 365 g/mol. The van der Waals surface area contributed by atoms with Crippen molar-refractivity contribution < 1.29 is 4.79 Å². The minimum absolute atomic E-state index is 0.105. The second-order valence-corrected chi connectivity index (χ2v) is 7.59. The molecule has 0 spiro atoms. The van der Waals surface area contributed by atoms with Crippen molar-refractivity contribution in [3.05, 3.63) is 34.3 Å². The van der Waals surface area contributed by atoms with Gasteiger partial charge in [0.25, 0.3) is 0 Å². The summed E-state index contributed by atoms with van der Waals surface area (Å²) in [5.74, 6) is 0.453. The van der Waals surface area contributed by atoms with Crippen molar-refractivity contribution in [1.82, 2.24) is 10.2 Å². The number of nitrogens with zero attached hydrogens (tertiary/aromatic N) is 1. The number of hydrogen-bond acceptors (Lipinski definition) is 2. The van der Waals surface area contributed by atoms with E-state index < -0.39 is 0 Å². The number of rotatable bonds is 4. The second kappa shape index (κ2) is 7.14. The molecule has 0 radical (unpaired) electrons. The Morgan fingerprint density at radius 2 is 2.09 bits per heavy atom. The molecule has 2 heterocycles. The van der Waals surface area contributed by atoms with Crippen molar-refractivity contribution in [1.29, 1.82) is 0 Å². The van der Waals surface area contributed by atoms with E-state index in [2.05, 4.69) is 45.2 Å². The standard InChI is InChI=1S/C18H25BrN2O/c1-2-14(9-13-5-3-6-15(19)10-13)18(22)21-11-16-7-4-8-17(12-21)20-16/h3,5-6,10,14,16-17,20H,2,4,7-9,11-12H2,1H3. The van der Waals surface area contributed by atoms with Gasteiger partial charge in [-0.25, -0.2) is 0 Å². The number of carbonyl (C=O) groups is 1. The van der Waals surface area contributed by atoms with Crippen LogP contribution in [-0.2, 0) is 11.2 Å². The Labute approximate surface area is 141 Å². The van der Waals surface area contributed by atoms with Gasteiger partial charge in [-0.05, 0) is 43.4 Å². The van der Waals surface area contributed by atoms with Crippen molar-refractivity contribution >= 4 is 21.8 Å². The van der Waals surface area contributed by atoms with Gasteiger partial charge in [0.15, 0.2) is 0 Å². The van der Waals surface area contributed by atoms with E-state index in [9.17, 15) is 4.79 Å². The van der Waals surface area contributed by atoms with Crippen LogP contribution in [0.4, 0.5) is 0 Å². The van der Waals surface area contributed by atoms with Crippen molar-refractivity contribution in [3.63, 3.8) is 0 Å². The number of piperidine rings is 1. The summed E-state index contributed by atoms with van der Waals surface area (Å²) in [5, 5.41) is 3.65. The van der Waals surface area contributed by atoms with Gasteiger partial charge in [0.1, 0.15) is 0 Å². The Bertz CT molecular complexity index is 522. The van der Waals surface area contributed by atoms with E-state index in [-0.39, 0.29) is 5.92 Å². The molecule has 2 aliphatic heterocycles. The van der Waals surface area contributed by atoms with E-state index in [1.54, 1.807) is 0 Å². The summed E-state index contributed by atoms with van der Waals surface area (Å²) in [6.07, 6.45) is 5.48. The first-order chi connectivity index (χ1) is 10.7. The van der Waals surface area contributed by atoms with E-state index in [0.717, 1.165) is 30.4 Å². The molecule has 2 fully saturated rings. The molecule has 0 saturated carbocycles. The van der Waals surface area contributed by atoms with Crippen molar-refractivity contribution in [2.45, 2.75) is 51.1 Å². The van der Waals surface area contributed by atoms with E-state index in [0.29, 0.717) is 18.0 Å². The van der Waals surface area contributed by atoms with Crippen LogP contribution in [0, 0.1) is 5.92 Å². The Kier molecular flexibility index (Phi) is 5.19. The first-order valence-electron chi connectivity index (χ1n) is 8.45. The normalized spacial score (nSPS) is 25.8. The molecule has 3 nitrogen and oxygen atoms in total. The number of benzene rings is 1. The predicted molar refractivity (Wildman–Crippen MR) is 92.8 cm³/mol. The maximum absolute atomic E-state index is 12.9. The molecule has 22 heavy (non-hydrogen) atoms. The van der Waals surface area contributed by atoms with Gasteiger partial charge < -0.3 is 10.2 Å². The van der Waals surface area contributed by atoms with E-state index in [1.165, 1.54) is 24.8 Å². The smallest absolute Gasteiger partial charge is 0.226 e. The number of piperazine rings is 1. The van der Waals surface area contributed by atoms with Crippen molar-refractivity contribution in [3.8, 4) is 0 Å². The van der Waals surface area contributed by atoms with E-state index in [1.807, 2.05) is 12.1 Å². The first-order valence-corrected chi connectivity index (χ1v) is 9.24. The van der Waals surface area contributed by atoms with Crippen LogP contribution in [0.5, 0.6) is 0 Å². The Balaban J connectivity index is 1.66. The van der Waals surface area contributed by atoms with Crippen LogP contribution in [0.15, 0.2) is 28.7 Å². The lowest BCUT2D eigenvalue weighted by atomic mass is 9.91. The third-order valence-corrected chi connectivity index (χ3v) is 5.48. The van der Waals surface area contributed by atoms with Gasteiger partial charge in [-0.3, -0.25) is 4.79 Å². The fraction of sp³-hybridized carbons (Fsp3) is 0.611. The van der Waals surface area contributed by atoms with Gasteiger partial charge in [-0.15, -0.1) is 0 Å². The lowest BCUT2D eigenvalue weighted by Gasteiger charge is -2.43. The SMILES string of the molecule is CCC(Cc1cccc(Br)c1)C(=O)N1CC2CCCC(C1)N2. The molecule has 1 aromatic rings. The third-order valence-electron chi connectivity index (χ3n) is 4.98. The molecular weight excluding hydrogens is 340 g/mol. The zero-order chi connectivity index (χ0) is 15.5. The molecule has 2 saturated heterocycles. The maximum atomic E-state index is 12.9. The van der Waals surface area contributed by atoms with Crippen LogP contribution in [0.25, 0.3) is 0 Å². The number of likely N-dealkylation sites (tertiary alicyclic amines) is 1. The van der Waals surface area contributed by atoms with Crippen molar-refractivity contribution in [2.24, 2.45) is 5.92 Å². The fourth-order valence-corrected chi connectivity index (χ4v) is 4.24. The Morgan fingerprint density at radius 1 is 1.36 bits per heavy atom. The largest absolute Gasteiger partial charge is 0.339 e. The minimum Gasteiger partial charge on any atom is -0.339 e. The zero-order valence-electron chi connectivity index (χ0n) is 13.2. The highest BCUT2D eigenvalue weighted by Gasteiger charge is 2.34. The molecule has 0 aliphatic carbocycles. The molecule has 2 aliphatic rings. The van der Waals surface area contributed by atoms with Crippen LogP contribution in [0.2, 0.25) is 0 Å². The molecule has 4 heteroatoms. The average Bonchev–Trinajstić information content (AvgIpc) is 2.51. The molecule has 3 unspecified atom stereocenters. The summed E-state index contributed by atoms with van der Waals surface area (Å²) < 4.78 is 1.09. The van der Waals surface area contributed by atoms with Crippen LogP contribution in [0.1, 0.15) is 38.2 Å². The van der Waals surface area contributed by atoms with Crippen LogP contribution in [0.3, 0.4) is 0 Å². The van der Waals surface area contributed by atoms with Crippen LogP contribution >= 0.6 is 15.9 Å². The van der Waals surface area contributed by atoms with Gasteiger partial charge in [-0.2, -0.15) is 0 Å². The highest BCUT2D eigenvalue weighted by Crippen LogP contribution is 2.23.